The molecule has 0 aliphatic rings. The minimum atomic E-state index is -4.73. The molecule has 0 unspecified atom stereocenters. The molecule has 31 heavy (non-hydrogen) atoms. The highest BCUT2D eigenvalue weighted by atomic mass is 35.5. The summed E-state index contributed by atoms with van der Waals surface area (Å²) in [4.78, 5) is 3.97. The Bertz CT molecular complexity index is 956. The summed E-state index contributed by atoms with van der Waals surface area (Å²) in [6, 6.07) is 15.3. The van der Waals surface area contributed by atoms with Gasteiger partial charge in [-0.2, -0.15) is 0 Å². The molecule has 0 saturated carbocycles. The molecule has 0 spiro atoms. The number of alkyl halides is 3. The normalized spacial score (nSPS) is 10.8. The summed E-state index contributed by atoms with van der Waals surface area (Å²) < 4.78 is 52.9. The fourth-order valence-electron chi connectivity index (χ4n) is 2.80. The first-order valence-corrected chi connectivity index (χ1v) is 9.17. The number of nitrogens with one attached hydrogen (secondary N) is 1. The number of aromatic nitrogens is 1. The predicted molar refractivity (Wildman–Crippen MR) is 112 cm³/mol. The van der Waals surface area contributed by atoms with Crippen molar-refractivity contribution >= 4 is 12.4 Å². The van der Waals surface area contributed by atoms with E-state index >= 15 is 0 Å². The standard InChI is InChI=1S/C22H21F3N2O3.ClH/c1-28-21-12-17(6-7-20(21)29-15-16-8-10-26-11-9-16)13-27-14-18-4-2-3-5-19(18)30-22(23,24)25;/h2-12,27H,13-15H2,1H3;1H. The topological polar surface area (TPSA) is 52.6 Å². The second kappa shape index (κ2) is 11.4. The second-order valence-corrected chi connectivity index (χ2v) is 6.39. The van der Waals surface area contributed by atoms with Gasteiger partial charge in [-0.15, -0.1) is 25.6 Å². The number of ether oxygens (including phenoxy) is 3. The third-order valence-corrected chi connectivity index (χ3v) is 4.21. The minimum absolute atomic E-state index is 0. The molecule has 0 aliphatic carbocycles. The van der Waals surface area contributed by atoms with Crippen LogP contribution >= 0.6 is 12.4 Å². The lowest BCUT2D eigenvalue weighted by Gasteiger charge is -2.14. The van der Waals surface area contributed by atoms with E-state index in [0.717, 1.165) is 11.1 Å². The van der Waals surface area contributed by atoms with Gasteiger partial charge in [0.15, 0.2) is 11.5 Å². The van der Waals surface area contributed by atoms with Gasteiger partial charge >= 0.3 is 6.36 Å². The highest BCUT2D eigenvalue weighted by Gasteiger charge is 2.31. The van der Waals surface area contributed by atoms with Crippen molar-refractivity contribution < 1.29 is 27.4 Å². The van der Waals surface area contributed by atoms with Crippen molar-refractivity contribution in [2.75, 3.05) is 7.11 Å². The second-order valence-electron chi connectivity index (χ2n) is 6.39. The molecule has 1 aromatic heterocycles. The van der Waals surface area contributed by atoms with Crippen LogP contribution in [0.15, 0.2) is 67.0 Å². The van der Waals surface area contributed by atoms with Crippen LogP contribution in [-0.2, 0) is 19.7 Å². The molecular weight excluding hydrogens is 433 g/mol. The van der Waals surface area contributed by atoms with E-state index in [4.69, 9.17) is 9.47 Å². The predicted octanol–water partition coefficient (Wildman–Crippen LogP) is 5.28. The van der Waals surface area contributed by atoms with Gasteiger partial charge in [0.2, 0.25) is 0 Å². The van der Waals surface area contributed by atoms with E-state index in [2.05, 4.69) is 15.0 Å². The molecule has 3 aromatic rings. The van der Waals surface area contributed by atoms with Crippen LogP contribution in [-0.4, -0.2) is 18.5 Å². The van der Waals surface area contributed by atoms with Gasteiger partial charge in [0, 0.05) is 31.0 Å². The van der Waals surface area contributed by atoms with Crippen LogP contribution in [0.25, 0.3) is 0 Å². The maximum atomic E-state index is 12.5. The van der Waals surface area contributed by atoms with E-state index < -0.39 is 6.36 Å². The third-order valence-electron chi connectivity index (χ3n) is 4.21. The molecule has 0 fully saturated rings. The lowest BCUT2D eigenvalue weighted by Crippen LogP contribution is -2.20. The average Bonchev–Trinajstić information content (AvgIpc) is 2.73. The number of methoxy groups -OCH3 is 1. The molecule has 0 radical (unpaired) electrons. The van der Waals surface area contributed by atoms with Crippen LogP contribution in [0.4, 0.5) is 13.2 Å². The van der Waals surface area contributed by atoms with Crippen molar-refractivity contribution in [3.05, 3.63) is 83.7 Å². The lowest BCUT2D eigenvalue weighted by atomic mass is 10.1. The smallest absolute Gasteiger partial charge is 0.493 e. The Morgan fingerprint density at radius 1 is 0.871 bits per heavy atom. The summed E-state index contributed by atoms with van der Waals surface area (Å²) in [6.45, 7) is 1.03. The summed E-state index contributed by atoms with van der Waals surface area (Å²) in [5.41, 5.74) is 2.30. The molecule has 0 saturated heterocycles. The average molecular weight is 455 g/mol. The molecule has 166 valence electrons. The number of benzene rings is 2. The van der Waals surface area contributed by atoms with Gasteiger partial charge < -0.3 is 19.5 Å². The van der Waals surface area contributed by atoms with Crippen molar-refractivity contribution in [1.29, 1.82) is 0 Å². The number of halogens is 4. The molecule has 0 aliphatic heterocycles. The Morgan fingerprint density at radius 3 is 2.32 bits per heavy atom. The first-order chi connectivity index (χ1) is 14.4. The molecule has 1 N–H and O–H groups in total. The molecular formula is C22H22ClF3N2O3. The Morgan fingerprint density at radius 2 is 1.61 bits per heavy atom. The summed E-state index contributed by atoms with van der Waals surface area (Å²) in [5.74, 6) is 0.959. The van der Waals surface area contributed by atoms with Crippen LogP contribution < -0.4 is 19.5 Å². The first kappa shape index (κ1) is 24.3. The first-order valence-electron chi connectivity index (χ1n) is 9.17. The highest BCUT2D eigenvalue weighted by Crippen LogP contribution is 2.29. The summed E-state index contributed by atoms with van der Waals surface area (Å²) in [7, 11) is 1.55. The van der Waals surface area contributed by atoms with E-state index in [1.54, 1.807) is 37.7 Å². The zero-order valence-corrected chi connectivity index (χ0v) is 17.5. The van der Waals surface area contributed by atoms with Gasteiger partial charge in [-0.1, -0.05) is 24.3 Å². The molecule has 5 nitrogen and oxygen atoms in total. The van der Waals surface area contributed by atoms with Crippen LogP contribution in [0.5, 0.6) is 17.2 Å². The molecule has 2 aromatic carbocycles. The molecule has 0 amide bonds. The lowest BCUT2D eigenvalue weighted by molar-refractivity contribution is -0.274. The van der Waals surface area contributed by atoms with E-state index in [1.807, 2.05) is 24.3 Å². The van der Waals surface area contributed by atoms with Crippen molar-refractivity contribution in [2.45, 2.75) is 26.1 Å². The summed E-state index contributed by atoms with van der Waals surface area (Å²) >= 11 is 0. The number of rotatable bonds is 9. The van der Waals surface area contributed by atoms with Crippen LogP contribution in [0, 0.1) is 0 Å². The molecule has 1 heterocycles. The number of hydrogen-bond donors (Lipinski definition) is 1. The van der Waals surface area contributed by atoms with E-state index in [1.165, 1.54) is 12.1 Å². The molecule has 3 rings (SSSR count). The monoisotopic (exact) mass is 454 g/mol. The fourth-order valence-corrected chi connectivity index (χ4v) is 2.80. The summed E-state index contributed by atoms with van der Waals surface area (Å²) in [6.07, 6.45) is -1.33. The Labute approximate surface area is 184 Å². The van der Waals surface area contributed by atoms with Crippen molar-refractivity contribution in [2.24, 2.45) is 0 Å². The van der Waals surface area contributed by atoms with Gasteiger partial charge in [-0.05, 0) is 41.5 Å². The molecule has 9 heteroatoms. The maximum absolute atomic E-state index is 12.5. The number of pyridine rings is 1. The van der Waals surface area contributed by atoms with E-state index in [0.29, 0.717) is 30.2 Å². The summed E-state index contributed by atoms with van der Waals surface area (Å²) in [5, 5.41) is 3.12. The van der Waals surface area contributed by atoms with Gasteiger partial charge in [0.25, 0.3) is 0 Å². The number of hydrogen-bond acceptors (Lipinski definition) is 5. The van der Waals surface area contributed by atoms with Gasteiger partial charge in [-0.3, -0.25) is 4.98 Å². The zero-order chi connectivity index (χ0) is 21.4. The van der Waals surface area contributed by atoms with Gasteiger partial charge in [0.05, 0.1) is 7.11 Å². The minimum Gasteiger partial charge on any atom is -0.493 e. The van der Waals surface area contributed by atoms with E-state index in [-0.39, 0.29) is 24.7 Å². The third kappa shape index (κ3) is 7.66. The van der Waals surface area contributed by atoms with Crippen LogP contribution in [0.1, 0.15) is 16.7 Å². The van der Waals surface area contributed by atoms with Crippen molar-refractivity contribution in [3.8, 4) is 17.2 Å². The van der Waals surface area contributed by atoms with Gasteiger partial charge in [-0.25, -0.2) is 0 Å². The Kier molecular flexibility index (Phi) is 8.96. The van der Waals surface area contributed by atoms with Gasteiger partial charge in [0.1, 0.15) is 12.4 Å². The highest BCUT2D eigenvalue weighted by molar-refractivity contribution is 5.85. The largest absolute Gasteiger partial charge is 0.573 e. The molecule has 0 atom stereocenters. The van der Waals surface area contributed by atoms with E-state index in [9.17, 15) is 13.2 Å². The van der Waals surface area contributed by atoms with Crippen LogP contribution in [0.2, 0.25) is 0 Å². The maximum Gasteiger partial charge on any atom is 0.573 e. The fraction of sp³-hybridized carbons (Fsp3) is 0.227. The number of para-hydroxylation sites is 1. The van der Waals surface area contributed by atoms with Crippen molar-refractivity contribution in [1.82, 2.24) is 10.3 Å². The SMILES string of the molecule is COc1cc(CNCc2ccccc2OC(F)(F)F)ccc1OCc1ccncc1.Cl. The van der Waals surface area contributed by atoms with Crippen molar-refractivity contribution in [3.63, 3.8) is 0 Å². The van der Waals surface area contributed by atoms with Crippen LogP contribution in [0.3, 0.4) is 0 Å². The quantitative estimate of drug-likeness (QED) is 0.477. The Hall–Kier alpha value is -2.97. The Balaban J connectivity index is 0.00000341. The zero-order valence-electron chi connectivity index (χ0n) is 16.7. The number of nitrogens with zero attached hydrogens (tertiary/aromatic N) is 1. The molecule has 0 bridgehead atoms.